The van der Waals surface area contributed by atoms with Gasteiger partial charge in [0.05, 0.1) is 23.4 Å². The summed E-state index contributed by atoms with van der Waals surface area (Å²) in [6.07, 6.45) is 4.09. The minimum absolute atomic E-state index is 0. The van der Waals surface area contributed by atoms with E-state index < -0.39 is 0 Å². The minimum atomic E-state index is -0.382. The molecule has 0 unspecified atom stereocenters. The Morgan fingerprint density at radius 2 is 1.62 bits per heavy atom. The average Bonchev–Trinajstić information content (AvgIpc) is 2.83. The normalized spacial score (nSPS) is 10.4. The van der Waals surface area contributed by atoms with E-state index in [-0.39, 0.29) is 18.3 Å². The van der Waals surface area contributed by atoms with Crippen molar-refractivity contribution in [2.45, 2.75) is 6.42 Å². The Hall–Kier alpha value is -3.52. The number of carbonyl (C=O) groups excluding carboxylic acids is 1. The number of benzene rings is 2. The van der Waals surface area contributed by atoms with Crippen molar-refractivity contribution in [1.29, 1.82) is 0 Å². The monoisotopic (exact) mass is 449 g/mol. The van der Waals surface area contributed by atoms with Crippen molar-refractivity contribution < 1.29 is 9.53 Å². The Kier molecular flexibility index (Phi) is 7.72. The van der Waals surface area contributed by atoms with Gasteiger partial charge in [0.2, 0.25) is 0 Å². The summed E-state index contributed by atoms with van der Waals surface area (Å²) in [5.41, 5.74) is 12.5. The molecule has 0 saturated heterocycles. The molecule has 0 radical (unpaired) electrons. The van der Waals surface area contributed by atoms with Crippen molar-refractivity contribution in [1.82, 2.24) is 15.4 Å². The number of rotatable bonds is 7. The molecule has 1 amide bonds. The van der Waals surface area contributed by atoms with Crippen molar-refractivity contribution >= 4 is 29.2 Å². The fourth-order valence-corrected chi connectivity index (χ4v) is 3.33. The fourth-order valence-electron chi connectivity index (χ4n) is 3.33. The lowest BCUT2D eigenvalue weighted by molar-refractivity contribution is 0.0955. The third-order valence-corrected chi connectivity index (χ3v) is 4.97. The summed E-state index contributed by atoms with van der Waals surface area (Å²) in [5, 5.41) is 0.652. The van der Waals surface area contributed by atoms with Gasteiger partial charge < -0.3 is 10.5 Å². The first-order valence-corrected chi connectivity index (χ1v) is 9.99. The lowest BCUT2D eigenvalue weighted by Crippen LogP contribution is -2.30. The zero-order valence-corrected chi connectivity index (χ0v) is 18.1. The summed E-state index contributed by atoms with van der Waals surface area (Å²) in [7, 11) is 0. The molecule has 4 aromatic rings. The molecule has 0 atom stereocenters. The molecule has 0 saturated carbocycles. The second kappa shape index (κ2) is 10.7. The van der Waals surface area contributed by atoms with Gasteiger partial charge in [-0.05, 0) is 48.4 Å². The molecular weight excluding hydrogens is 426 g/mol. The van der Waals surface area contributed by atoms with E-state index in [4.69, 9.17) is 16.3 Å². The molecule has 2 heterocycles. The Morgan fingerprint density at radius 1 is 0.969 bits per heavy atom. The van der Waals surface area contributed by atoms with Gasteiger partial charge in [-0.3, -0.25) is 15.2 Å². The largest absolute Gasteiger partial charge is 0.494 e. The van der Waals surface area contributed by atoms with E-state index in [1.54, 1.807) is 24.5 Å². The van der Waals surface area contributed by atoms with Crippen molar-refractivity contribution in [3.05, 3.63) is 78.6 Å². The molecule has 2 aromatic heterocycles. The lowest BCUT2D eigenvalue weighted by Gasteiger charge is -2.10. The summed E-state index contributed by atoms with van der Waals surface area (Å²) in [6.45, 7) is 1.23. The molecule has 32 heavy (non-hydrogen) atoms. The van der Waals surface area contributed by atoms with E-state index in [0.29, 0.717) is 35.3 Å². The predicted octanol–water partition coefficient (Wildman–Crippen LogP) is 3.72. The number of amides is 1. The summed E-state index contributed by atoms with van der Waals surface area (Å²) in [5.74, 6) is 5.80. The van der Waals surface area contributed by atoms with Gasteiger partial charge in [0, 0.05) is 23.3 Å². The van der Waals surface area contributed by atoms with Crippen molar-refractivity contribution in [3.8, 4) is 28.1 Å². The van der Waals surface area contributed by atoms with Crippen LogP contribution >= 0.6 is 12.4 Å². The van der Waals surface area contributed by atoms with Gasteiger partial charge in [-0.25, -0.2) is 10.8 Å². The van der Waals surface area contributed by atoms with Crippen LogP contribution in [0.25, 0.3) is 33.3 Å². The third kappa shape index (κ3) is 5.03. The topological polar surface area (TPSA) is 116 Å². The Morgan fingerprint density at radius 3 is 2.28 bits per heavy atom. The molecule has 4 rings (SSSR count). The molecule has 5 N–H and O–H groups in total. The zero-order chi connectivity index (χ0) is 21.6. The number of fused-ring (bicyclic) bond motifs is 1. The van der Waals surface area contributed by atoms with Crippen LogP contribution in [0, 0.1) is 0 Å². The van der Waals surface area contributed by atoms with Crippen LogP contribution in [0.2, 0.25) is 0 Å². The summed E-state index contributed by atoms with van der Waals surface area (Å²) in [6, 6.07) is 19.5. The predicted molar refractivity (Wildman–Crippen MR) is 128 cm³/mol. The van der Waals surface area contributed by atoms with Crippen LogP contribution in [0.4, 0.5) is 0 Å². The number of hydrazine groups is 1. The SMILES string of the molecule is Cl.NCCCOc1ccc(-c2ccc(-c3cc(C(=O)NN)c4cnccc4n3)cc2)cc1. The van der Waals surface area contributed by atoms with E-state index in [0.717, 1.165) is 28.9 Å². The van der Waals surface area contributed by atoms with Gasteiger partial charge >= 0.3 is 0 Å². The van der Waals surface area contributed by atoms with Gasteiger partial charge in [0.15, 0.2) is 0 Å². The Balaban J connectivity index is 0.00000289. The summed E-state index contributed by atoms with van der Waals surface area (Å²) >= 11 is 0. The highest BCUT2D eigenvalue weighted by Crippen LogP contribution is 2.28. The van der Waals surface area contributed by atoms with Gasteiger partial charge in [-0.2, -0.15) is 0 Å². The quantitative estimate of drug-likeness (QED) is 0.171. The third-order valence-electron chi connectivity index (χ3n) is 4.97. The van der Waals surface area contributed by atoms with Crippen LogP contribution in [0.3, 0.4) is 0 Å². The molecular formula is C24H24ClN5O2. The van der Waals surface area contributed by atoms with E-state index in [1.165, 1.54) is 0 Å². The smallest absolute Gasteiger partial charge is 0.265 e. The van der Waals surface area contributed by atoms with Gasteiger partial charge in [0.1, 0.15) is 5.75 Å². The number of nitrogens with zero attached hydrogens (tertiary/aromatic N) is 2. The second-order valence-corrected chi connectivity index (χ2v) is 7.01. The van der Waals surface area contributed by atoms with Crippen molar-refractivity contribution in [2.24, 2.45) is 11.6 Å². The lowest BCUT2D eigenvalue weighted by atomic mass is 10.0. The molecule has 0 fully saturated rings. The van der Waals surface area contributed by atoms with E-state index in [2.05, 4.69) is 15.4 Å². The van der Waals surface area contributed by atoms with Gasteiger partial charge in [-0.1, -0.05) is 36.4 Å². The zero-order valence-electron chi connectivity index (χ0n) is 17.3. The molecule has 0 spiro atoms. The van der Waals surface area contributed by atoms with Crippen LogP contribution < -0.4 is 21.7 Å². The number of halogens is 1. The molecule has 0 aliphatic carbocycles. The molecule has 8 heteroatoms. The molecule has 164 valence electrons. The molecule has 0 aliphatic rings. The molecule has 0 bridgehead atoms. The number of hydrogen-bond acceptors (Lipinski definition) is 6. The Bertz CT molecular complexity index is 1200. The number of hydrogen-bond donors (Lipinski definition) is 3. The van der Waals surface area contributed by atoms with Crippen LogP contribution in [0.15, 0.2) is 73.1 Å². The number of aromatic nitrogens is 2. The standard InChI is InChI=1S/C24H23N5O2.ClH/c25-11-1-13-31-19-8-6-17(7-9-19)16-2-4-18(5-3-16)23-14-20(24(30)29-26)21-15-27-12-10-22(21)28-23;/h2-10,12,14-15H,1,11,13,25-26H2,(H,29,30);1H. The first kappa shape index (κ1) is 23.1. The highest BCUT2D eigenvalue weighted by atomic mass is 35.5. The second-order valence-electron chi connectivity index (χ2n) is 7.01. The molecule has 7 nitrogen and oxygen atoms in total. The maximum atomic E-state index is 12.3. The van der Waals surface area contributed by atoms with Crippen LogP contribution in [-0.4, -0.2) is 29.0 Å². The van der Waals surface area contributed by atoms with E-state index >= 15 is 0 Å². The number of nitrogens with one attached hydrogen (secondary N) is 1. The van der Waals surface area contributed by atoms with E-state index in [1.807, 2.05) is 48.5 Å². The van der Waals surface area contributed by atoms with Crippen LogP contribution in [0.1, 0.15) is 16.8 Å². The highest BCUT2D eigenvalue weighted by molar-refractivity contribution is 6.06. The molecule has 0 aliphatic heterocycles. The maximum absolute atomic E-state index is 12.3. The minimum Gasteiger partial charge on any atom is -0.494 e. The first-order chi connectivity index (χ1) is 15.2. The summed E-state index contributed by atoms with van der Waals surface area (Å²) < 4.78 is 5.65. The molecule has 2 aromatic carbocycles. The number of ether oxygens (including phenoxy) is 1. The van der Waals surface area contributed by atoms with Crippen molar-refractivity contribution in [2.75, 3.05) is 13.2 Å². The van der Waals surface area contributed by atoms with Gasteiger partial charge in [0.25, 0.3) is 5.91 Å². The fraction of sp³-hybridized carbons (Fsp3) is 0.125. The average molecular weight is 450 g/mol. The first-order valence-electron chi connectivity index (χ1n) is 9.99. The maximum Gasteiger partial charge on any atom is 0.265 e. The van der Waals surface area contributed by atoms with E-state index in [9.17, 15) is 4.79 Å². The van der Waals surface area contributed by atoms with Crippen LogP contribution in [-0.2, 0) is 0 Å². The number of nitrogens with two attached hydrogens (primary N) is 2. The van der Waals surface area contributed by atoms with Crippen molar-refractivity contribution in [3.63, 3.8) is 0 Å². The van der Waals surface area contributed by atoms with Gasteiger partial charge in [-0.15, -0.1) is 12.4 Å². The Labute approximate surface area is 192 Å². The number of nitrogen functional groups attached to an aromatic ring is 1. The van der Waals surface area contributed by atoms with Crippen LogP contribution in [0.5, 0.6) is 5.75 Å². The number of pyridine rings is 2. The summed E-state index contributed by atoms with van der Waals surface area (Å²) in [4.78, 5) is 21.0. The number of carbonyl (C=O) groups is 1. The highest BCUT2D eigenvalue weighted by Gasteiger charge is 2.13.